The van der Waals surface area contributed by atoms with Gasteiger partial charge in [-0.2, -0.15) is 0 Å². The molecule has 3 N–H and O–H groups in total. The predicted octanol–water partition coefficient (Wildman–Crippen LogP) is 5.23. The monoisotopic (exact) mass is 473 g/mol. The molecule has 0 bridgehead atoms. The third-order valence-corrected chi connectivity index (χ3v) is 6.06. The van der Waals surface area contributed by atoms with E-state index in [1.165, 1.54) is 0 Å². The maximum Gasteiger partial charge on any atom is 0.306 e. The van der Waals surface area contributed by atoms with E-state index in [4.69, 9.17) is 0 Å². The lowest BCUT2D eigenvalue weighted by molar-refractivity contribution is -0.143. The highest BCUT2D eigenvalue weighted by Gasteiger charge is 2.29. The van der Waals surface area contributed by atoms with Crippen LogP contribution < -0.4 is 10.6 Å². The number of aromatic nitrogens is 2. The minimum atomic E-state index is -1.11. The lowest BCUT2D eigenvalue weighted by Crippen LogP contribution is -2.23. The molecular weight excluding hydrogens is 447 g/mol. The van der Waals surface area contributed by atoms with E-state index >= 15 is 0 Å². The molecule has 0 atom stereocenters. The van der Waals surface area contributed by atoms with Gasteiger partial charge in [-0.25, -0.2) is 28.1 Å². The number of carboxylic acids is 1. The summed E-state index contributed by atoms with van der Waals surface area (Å²) in [5.41, 5.74) is 1.57. The summed E-state index contributed by atoms with van der Waals surface area (Å²) in [6, 6.07) is 1.29. The van der Waals surface area contributed by atoms with E-state index in [1.807, 2.05) is 13.8 Å². The molecule has 1 fully saturated rings. The molecule has 7 nitrogen and oxygen atoms in total. The van der Waals surface area contributed by atoms with Crippen LogP contribution in [0.2, 0.25) is 0 Å². The van der Waals surface area contributed by atoms with Crippen molar-refractivity contribution in [3.63, 3.8) is 0 Å². The number of amidine groups is 1. The second kappa shape index (κ2) is 9.82. The molecule has 0 radical (unpaired) electrons. The Hall–Kier alpha value is -3.43. The molecule has 1 aliphatic heterocycles. The first-order valence-corrected chi connectivity index (χ1v) is 11.3. The summed E-state index contributed by atoms with van der Waals surface area (Å²) in [6.07, 6.45) is 6.21. The van der Waals surface area contributed by atoms with Crippen LogP contribution in [0.1, 0.15) is 45.2 Å². The smallest absolute Gasteiger partial charge is 0.306 e. The summed E-state index contributed by atoms with van der Waals surface area (Å²) in [6.45, 7) is 3.94. The number of carboxylic acid groups (broad SMARTS) is 1. The molecular formula is C24H26F3N5O2. The number of fused-ring (bicyclic) bond motifs is 1. The topological polar surface area (TPSA) is 99.5 Å². The number of anilines is 2. The van der Waals surface area contributed by atoms with Crippen LogP contribution in [-0.4, -0.2) is 32.9 Å². The van der Waals surface area contributed by atoms with E-state index in [-0.39, 0.29) is 23.7 Å². The van der Waals surface area contributed by atoms with E-state index in [9.17, 15) is 23.1 Å². The number of aliphatic imine (C=N–C) groups is 1. The normalized spacial score (nSPS) is 21.5. The Morgan fingerprint density at radius 1 is 1.18 bits per heavy atom. The molecule has 1 saturated carbocycles. The fraction of sp³-hybridized carbons (Fsp3) is 0.417. The number of nitrogens with zero attached hydrogens (tertiary/aromatic N) is 3. The number of aliphatic carboxylic acids is 1. The summed E-state index contributed by atoms with van der Waals surface area (Å²) in [7, 11) is 0. The number of hydrogen-bond acceptors (Lipinski definition) is 5. The van der Waals surface area contributed by atoms with Gasteiger partial charge in [-0.1, -0.05) is 5.57 Å². The number of benzene rings is 1. The van der Waals surface area contributed by atoms with Gasteiger partial charge in [0.25, 0.3) is 0 Å². The van der Waals surface area contributed by atoms with Gasteiger partial charge in [-0.3, -0.25) is 4.79 Å². The molecule has 2 aromatic rings. The van der Waals surface area contributed by atoms with Crippen LogP contribution in [0, 0.1) is 29.3 Å². The number of carbonyl (C=O) groups is 1. The number of hydrogen-bond donors (Lipinski definition) is 3. The van der Waals surface area contributed by atoms with Gasteiger partial charge >= 0.3 is 5.97 Å². The van der Waals surface area contributed by atoms with Crippen LogP contribution in [0.4, 0.5) is 30.5 Å². The Bertz CT molecular complexity index is 1130. The molecule has 34 heavy (non-hydrogen) atoms. The van der Waals surface area contributed by atoms with Crippen molar-refractivity contribution < 1.29 is 23.1 Å². The number of nitrogens with one attached hydrogen (secondary N) is 2. The molecule has 1 aromatic heterocycles. The van der Waals surface area contributed by atoms with Gasteiger partial charge in [-0.15, -0.1) is 0 Å². The minimum absolute atomic E-state index is 0.0768. The fourth-order valence-corrected chi connectivity index (χ4v) is 4.37. The third-order valence-electron chi connectivity index (χ3n) is 6.06. The first-order chi connectivity index (χ1) is 16.2. The molecule has 4 rings (SSSR count). The molecule has 2 aliphatic rings. The average molecular weight is 473 g/mol. The van der Waals surface area contributed by atoms with Gasteiger partial charge in [0.2, 0.25) is 5.95 Å². The molecule has 0 spiro atoms. The summed E-state index contributed by atoms with van der Waals surface area (Å²) in [5, 5.41) is 15.5. The van der Waals surface area contributed by atoms with Gasteiger partial charge in [-0.05, 0) is 51.5 Å². The van der Waals surface area contributed by atoms with Crippen molar-refractivity contribution in [2.24, 2.45) is 16.8 Å². The Balaban J connectivity index is 1.73. The van der Waals surface area contributed by atoms with Crippen LogP contribution in [0.25, 0.3) is 0 Å². The molecule has 1 aliphatic carbocycles. The first kappa shape index (κ1) is 23.7. The third kappa shape index (κ3) is 5.37. The average Bonchev–Trinajstić information content (AvgIpc) is 2.94. The zero-order chi connectivity index (χ0) is 24.4. The van der Waals surface area contributed by atoms with Gasteiger partial charge < -0.3 is 15.7 Å². The van der Waals surface area contributed by atoms with Crippen molar-refractivity contribution >= 4 is 29.1 Å². The van der Waals surface area contributed by atoms with Crippen molar-refractivity contribution in [2.75, 3.05) is 10.6 Å². The quantitative estimate of drug-likeness (QED) is 0.550. The van der Waals surface area contributed by atoms with Crippen molar-refractivity contribution in [1.82, 2.24) is 9.97 Å². The Morgan fingerprint density at radius 2 is 1.85 bits per heavy atom. The lowest BCUT2D eigenvalue weighted by Gasteiger charge is -2.28. The van der Waals surface area contributed by atoms with E-state index in [0.717, 1.165) is 5.57 Å². The SMILES string of the molecule is CC(C)Nc1ncc2c(n1)CC(C1CCC(C(=O)O)CC1)=CC(=Nc1c(F)cc(F)cc1F)N2. The minimum Gasteiger partial charge on any atom is -0.481 e. The van der Waals surface area contributed by atoms with Gasteiger partial charge in [0, 0.05) is 24.6 Å². The van der Waals surface area contributed by atoms with Gasteiger partial charge in [0.15, 0.2) is 11.6 Å². The molecule has 0 unspecified atom stereocenters. The zero-order valence-electron chi connectivity index (χ0n) is 18.9. The van der Waals surface area contributed by atoms with Crippen LogP contribution in [0.15, 0.2) is 35.0 Å². The number of halogens is 3. The predicted molar refractivity (Wildman–Crippen MR) is 123 cm³/mol. The van der Waals surface area contributed by atoms with Gasteiger partial charge in [0.1, 0.15) is 17.3 Å². The number of rotatable bonds is 5. The van der Waals surface area contributed by atoms with Crippen LogP contribution in [0.3, 0.4) is 0 Å². The first-order valence-electron chi connectivity index (χ1n) is 11.3. The Labute approximate surface area is 195 Å². The molecule has 1 aromatic carbocycles. The summed E-state index contributed by atoms with van der Waals surface area (Å²) in [5.74, 6) is -3.69. The summed E-state index contributed by atoms with van der Waals surface area (Å²) in [4.78, 5) is 24.4. The van der Waals surface area contributed by atoms with E-state index in [2.05, 4.69) is 25.6 Å². The second-order valence-corrected chi connectivity index (χ2v) is 8.98. The molecule has 2 heterocycles. The molecule has 10 heteroatoms. The number of allylic oxidation sites excluding steroid dienone is 1. The van der Waals surface area contributed by atoms with Crippen LogP contribution >= 0.6 is 0 Å². The summed E-state index contributed by atoms with van der Waals surface area (Å²) < 4.78 is 41.9. The van der Waals surface area contributed by atoms with Crippen LogP contribution in [-0.2, 0) is 11.2 Å². The van der Waals surface area contributed by atoms with E-state index in [1.54, 1.807) is 12.3 Å². The highest BCUT2D eigenvalue weighted by atomic mass is 19.1. The Morgan fingerprint density at radius 3 is 2.47 bits per heavy atom. The maximum absolute atomic E-state index is 14.3. The summed E-state index contributed by atoms with van der Waals surface area (Å²) >= 11 is 0. The van der Waals surface area contributed by atoms with E-state index < -0.39 is 29.1 Å². The Kier molecular flexibility index (Phi) is 6.85. The second-order valence-electron chi connectivity index (χ2n) is 8.98. The molecule has 180 valence electrons. The standard InChI is InChI=1S/C24H26F3N5O2/c1-12(2)29-24-28-11-20-19(31-24)7-15(13-3-5-14(6-4-13)23(33)34)8-21(30-20)32-22-17(26)9-16(25)10-18(22)27/h8-14H,3-7H2,1-2H3,(H,30,32)(H,33,34)(H,28,29,31). The lowest BCUT2D eigenvalue weighted by atomic mass is 9.77. The van der Waals surface area contributed by atoms with E-state index in [0.29, 0.717) is 61.6 Å². The van der Waals surface area contributed by atoms with Crippen LogP contribution in [0.5, 0.6) is 0 Å². The molecule has 0 saturated heterocycles. The molecule has 0 amide bonds. The maximum atomic E-state index is 14.3. The van der Waals surface area contributed by atoms with Crippen molar-refractivity contribution in [1.29, 1.82) is 0 Å². The van der Waals surface area contributed by atoms with Crippen molar-refractivity contribution in [2.45, 2.75) is 52.0 Å². The highest BCUT2D eigenvalue weighted by Crippen LogP contribution is 2.37. The van der Waals surface area contributed by atoms with Crippen molar-refractivity contribution in [3.05, 3.63) is 53.1 Å². The largest absolute Gasteiger partial charge is 0.481 e. The zero-order valence-corrected chi connectivity index (χ0v) is 18.9. The van der Waals surface area contributed by atoms with Gasteiger partial charge in [0.05, 0.1) is 23.5 Å². The fourth-order valence-electron chi connectivity index (χ4n) is 4.37. The highest BCUT2D eigenvalue weighted by molar-refractivity contribution is 6.06. The van der Waals surface area contributed by atoms with Crippen molar-refractivity contribution in [3.8, 4) is 0 Å².